The summed E-state index contributed by atoms with van der Waals surface area (Å²) < 4.78 is 32.1. The lowest BCUT2D eigenvalue weighted by Crippen LogP contribution is -2.44. The van der Waals surface area contributed by atoms with Gasteiger partial charge in [-0.05, 0) is 6.07 Å². The standard InChI is InChI=1S/C13H20ClN3O4S/c1-16(2)22(19,20)8-9-6-21-7-11(9)15-13(18)12-4-10(14)5-17(12)3/h4-5,9,11H,6-8H2,1-3H3,(H,15,18)/t9-,11+/m0/s1. The van der Waals surface area contributed by atoms with E-state index < -0.39 is 10.0 Å². The van der Waals surface area contributed by atoms with Crippen LogP contribution in [0.25, 0.3) is 0 Å². The van der Waals surface area contributed by atoms with Gasteiger partial charge in [-0.1, -0.05) is 11.6 Å². The van der Waals surface area contributed by atoms with Crippen LogP contribution in [-0.2, 0) is 21.8 Å². The van der Waals surface area contributed by atoms with Crippen molar-refractivity contribution in [3.05, 3.63) is 23.0 Å². The number of nitrogens with one attached hydrogen (secondary N) is 1. The largest absolute Gasteiger partial charge is 0.379 e. The van der Waals surface area contributed by atoms with Crippen molar-refractivity contribution in [2.75, 3.05) is 33.1 Å². The van der Waals surface area contributed by atoms with E-state index in [9.17, 15) is 13.2 Å². The number of halogens is 1. The van der Waals surface area contributed by atoms with E-state index in [0.717, 1.165) is 0 Å². The number of carbonyl (C=O) groups excluding carboxylic acids is 1. The molecule has 0 saturated carbocycles. The molecule has 0 radical (unpaired) electrons. The van der Waals surface area contributed by atoms with Crippen LogP contribution in [0, 0.1) is 5.92 Å². The van der Waals surface area contributed by atoms with Gasteiger partial charge in [0.1, 0.15) is 5.69 Å². The average Bonchev–Trinajstić information content (AvgIpc) is 2.95. The molecule has 1 fully saturated rings. The Balaban J connectivity index is 2.05. The molecule has 0 unspecified atom stereocenters. The highest BCUT2D eigenvalue weighted by molar-refractivity contribution is 7.89. The zero-order valence-corrected chi connectivity index (χ0v) is 14.3. The summed E-state index contributed by atoms with van der Waals surface area (Å²) in [6.07, 6.45) is 1.63. The Hall–Kier alpha value is -1.09. The van der Waals surface area contributed by atoms with Crippen LogP contribution in [-0.4, -0.2) is 62.3 Å². The van der Waals surface area contributed by atoms with Crippen LogP contribution in [0.15, 0.2) is 12.3 Å². The molecule has 9 heteroatoms. The number of aromatic nitrogens is 1. The molecule has 0 bridgehead atoms. The van der Waals surface area contributed by atoms with Crippen molar-refractivity contribution in [2.45, 2.75) is 6.04 Å². The molecule has 124 valence electrons. The summed E-state index contributed by atoms with van der Waals surface area (Å²) >= 11 is 5.87. The monoisotopic (exact) mass is 349 g/mol. The molecule has 1 aliphatic heterocycles. The average molecular weight is 350 g/mol. The normalized spacial score (nSPS) is 22.2. The molecule has 1 saturated heterocycles. The predicted octanol–water partition coefficient (Wildman–Crippen LogP) is 0.315. The molecule has 1 aliphatic rings. The van der Waals surface area contributed by atoms with Gasteiger partial charge in [0.25, 0.3) is 5.91 Å². The number of ether oxygens (including phenoxy) is 1. The molecule has 1 aromatic heterocycles. The van der Waals surface area contributed by atoms with Crippen LogP contribution in [0.4, 0.5) is 0 Å². The highest BCUT2D eigenvalue weighted by Crippen LogP contribution is 2.19. The molecule has 1 N–H and O–H groups in total. The van der Waals surface area contributed by atoms with E-state index in [1.165, 1.54) is 18.4 Å². The van der Waals surface area contributed by atoms with Gasteiger partial charge < -0.3 is 14.6 Å². The maximum Gasteiger partial charge on any atom is 0.268 e. The summed E-state index contributed by atoms with van der Waals surface area (Å²) in [5, 5.41) is 3.31. The maximum absolute atomic E-state index is 12.3. The highest BCUT2D eigenvalue weighted by atomic mass is 35.5. The first kappa shape index (κ1) is 17.3. The zero-order chi connectivity index (χ0) is 16.5. The van der Waals surface area contributed by atoms with Crippen molar-refractivity contribution in [1.29, 1.82) is 0 Å². The van der Waals surface area contributed by atoms with Gasteiger partial charge in [-0.15, -0.1) is 0 Å². The molecule has 2 heterocycles. The van der Waals surface area contributed by atoms with Gasteiger partial charge >= 0.3 is 0 Å². The molecule has 2 atom stereocenters. The SMILES string of the molecule is CN(C)S(=O)(=O)C[C@@H]1COC[C@H]1NC(=O)c1cc(Cl)cn1C. The number of carbonyl (C=O) groups is 1. The maximum atomic E-state index is 12.3. The minimum Gasteiger partial charge on any atom is -0.379 e. The third kappa shape index (κ3) is 3.81. The van der Waals surface area contributed by atoms with Crippen LogP contribution < -0.4 is 5.32 Å². The van der Waals surface area contributed by atoms with Crippen LogP contribution in [0.5, 0.6) is 0 Å². The first-order valence-corrected chi connectivity index (χ1v) is 8.80. The third-order valence-corrected chi connectivity index (χ3v) is 5.87. The van der Waals surface area contributed by atoms with Crippen molar-refractivity contribution in [3.8, 4) is 0 Å². The molecular weight excluding hydrogens is 330 g/mol. The van der Waals surface area contributed by atoms with Crippen molar-refractivity contribution in [3.63, 3.8) is 0 Å². The molecule has 1 aromatic rings. The molecule has 0 aromatic carbocycles. The van der Waals surface area contributed by atoms with E-state index in [1.54, 1.807) is 23.9 Å². The molecule has 22 heavy (non-hydrogen) atoms. The highest BCUT2D eigenvalue weighted by Gasteiger charge is 2.34. The lowest BCUT2D eigenvalue weighted by Gasteiger charge is -2.21. The molecule has 0 aliphatic carbocycles. The first-order valence-electron chi connectivity index (χ1n) is 6.81. The number of aryl methyl sites for hydroxylation is 1. The number of nitrogens with zero attached hydrogens (tertiary/aromatic N) is 2. The van der Waals surface area contributed by atoms with Gasteiger partial charge in [-0.2, -0.15) is 0 Å². The Labute approximate surface area is 135 Å². The van der Waals surface area contributed by atoms with Crippen molar-refractivity contribution >= 4 is 27.5 Å². The molecule has 7 nitrogen and oxygen atoms in total. The van der Waals surface area contributed by atoms with E-state index in [2.05, 4.69) is 5.32 Å². The fourth-order valence-corrected chi connectivity index (χ4v) is 3.75. The van der Waals surface area contributed by atoms with Gasteiger partial charge in [0.05, 0.1) is 30.0 Å². The Kier molecular flexibility index (Phi) is 5.16. The topological polar surface area (TPSA) is 80.6 Å². The lowest BCUT2D eigenvalue weighted by atomic mass is 10.1. The van der Waals surface area contributed by atoms with Gasteiger partial charge in [0.2, 0.25) is 10.0 Å². The first-order chi connectivity index (χ1) is 10.2. The fourth-order valence-electron chi connectivity index (χ4n) is 2.33. The summed E-state index contributed by atoms with van der Waals surface area (Å²) in [4.78, 5) is 12.3. The number of sulfonamides is 1. The van der Waals surface area contributed by atoms with Crippen LogP contribution >= 0.6 is 11.6 Å². The van der Waals surface area contributed by atoms with E-state index in [-0.39, 0.29) is 23.6 Å². The Morgan fingerprint density at radius 1 is 1.50 bits per heavy atom. The Morgan fingerprint density at radius 3 is 2.73 bits per heavy atom. The zero-order valence-electron chi connectivity index (χ0n) is 12.7. The number of amides is 1. The van der Waals surface area contributed by atoms with E-state index >= 15 is 0 Å². The second-order valence-electron chi connectivity index (χ2n) is 5.59. The number of hydrogen-bond donors (Lipinski definition) is 1. The smallest absolute Gasteiger partial charge is 0.268 e. The van der Waals surface area contributed by atoms with Crippen molar-refractivity contribution < 1.29 is 17.9 Å². The quantitative estimate of drug-likeness (QED) is 0.830. The summed E-state index contributed by atoms with van der Waals surface area (Å²) in [5.74, 6) is -0.622. The van der Waals surface area contributed by atoms with E-state index in [0.29, 0.717) is 23.9 Å². The summed E-state index contributed by atoms with van der Waals surface area (Å²) in [6, 6.07) is 1.23. The molecule has 0 spiro atoms. The molecule has 1 amide bonds. The molecular formula is C13H20ClN3O4S. The third-order valence-electron chi connectivity index (χ3n) is 3.70. The molecule has 2 rings (SSSR count). The van der Waals surface area contributed by atoms with E-state index in [1.807, 2.05) is 0 Å². The summed E-state index contributed by atoms with van der Waals surface area (Å²) in [7, 11) is 1.36. The van der Waals surface area contributed by atoms with Gasteiger partial charge in [-0.25, -0.2) is 12.7 Å². The summed E-state index contributed by atoms with van der Waals surface area (Å²) in [5.41, 5.74) is 0.422. The van der Waals surface area contributed by atoms with Crippen molar-refractivity contribution in [2.24, 2.45) is 13.0 Å². The lowest BCUT2D eigenvalue weighted by molar-refractivity contribution is 0.0918. The number of rotatable bonds is 5. The second kappa shape index (κ2) is 6.57. The van der Waals surface area contributed by atoms with Crippen LogP contribution in [0.2, 0.25) is 5.02 Å². The summed E-state index contributed by atoms with van der Waals surface area (Å²) in [6.45, 7) is 0.615. The second-order valence-corrected chi connectivity index (χ2v) is 8.26. The number of hydrogen-bond acceptors (Lipinski definition) is 4. The minimum absolute atomic E-state index is 0.0567. The Morgan fingerprint density at radius 2 is 2.18 bits per heavy atom. The predicted molar refractivity (Wildman–Crippen MR) is 83.5 cm³/mol. The van der Waals surface area contributed by atoms with Gasteiger partial charge in [0.15, 0.2) is 0 Å². The Bertz CT molecular complexity index is 656. The van der Waals surface area contributed by atoms with Crippen LogP contribution in [0.1, 0.15) is 10.5 Å². The van der Waals surface area contributed by atoms with E-state index in [4.69, 9.17) is 16.3 Å². The fraction of sp³-hybridized carbons (Fsp3) is 0.615. The van der Waals surface area contributed by atoms with Crippen LogP contribution in [0.3, 0.4) is 0 Å². The minimum atomic E-state index is -3.34. The van der Waals surface area contributed by atoms with Gasteiger partial charge in [0, 0.05) is 33.3 Å². The van der Waals surface area contributed by atoms with Gasteiger partial charge in [-0.3, -0.25) is 4.79 Å². The van der Waals surface area contributed by atoms with Crippen molar-refractivity contribution in [1.82, 2.24) is 14.2 Å².